The fourth-order valence-electron chi connectivity index (χ4n) is 2.58. The minimum Gasteiger partial charge on any atom is -0.340 e. The molecular formula is C16H22N2O2. The number of rotatable bonds is 3. The first-order valence-corrected chi connectivity index (χ1v) is 7.14. The first-order valence-electron chi connectivity index (χ1n) is 7.14. The Labute approximate surface area is 120 Å². The van der Waals surface area contributed by atoms with Crippen LogP contribution in [0.1, 0.15) is 38.8 Å². The Morgan fingerprint density at radius 1 is 1.25 bits per heavy atom. The Morgan fingerprint density at radius 3 is 2.50 bits per heavy atom. The molecule has 0 radical (unpaired) electrons. The number of amides is 2. The standard InChI is InChI=1S/C16H22N2O2/c1-11(2)10-18-12(3)9-14(19)17-15(16(18)20)13-7-5-4-6-8-13/h4-8,11-12,15H,9-10H2,1-3H3,(H,17,19). The van der Waals surface area contributed by atoms with Crippen LogP contribution in [-0.2, 0) is 9.59 Å². The van der Waals surface area contributed by atoms with Crippen LogP contribution in [0.2, 0.25) is 0 Å². The first-order chi connectivity index (χ1) is 9.49. The number of hydrogen-bond donors (Lipinski definition) is 1. The van der Waals surface area contributed by atoms with Crippen molar-refractivity contribution in [1.29, 1.82) is 0 Å². The molecule has 0 saturated carbocycles. The zero-order chi connectivity index (χ0) is 14.7. The summed E-state index contributed by atoms with van der Waals surface area (Å²) in [5.41, 5.74) is 0.841. The summed E-state index contributed by atoms with van der Waals surface area (Å²) in [5.74, 6) is 0.306. The van der Waals surface area contributed by atoms with Crippen LogP contribution in [0, 0.1) is 5.92 Å². The summed E-state index contributed by atoms with van der Waals surface area (Å²) in [4.78, 5) is 26.5. The minimum absolute atomic E-state index is 0.0109. The largest absolute Gasteiger partial charge is 0.340 e. The van der Waals surface area contributed by atoms with Crippen molar-refractivity contribution in [3.63, 3.8) is 0 Å². The van der Waals surface area contributed by atoms with Crippen LogP contribution >= 0.6 is 0 Å². The third-order valence-corrected chi connectivity index (χ3v) is 3.54. The number of hydrogen-bond acceptors (Lipinski definition) is 2. The lowest BCUT2D eigenvalue weighted by Gasteiger charge is -2.30. The Bertz CT molecular complexity index is 485. The van der Waals surface area contributed by atoms with Crippen molar-refractivity contribution in [3.05, 3.63) is 35.9 Å². The van der Waals surface area contributed by atoms with E-state index in [1.54, 1.807) is 0 Å². The zero-order valence-corrected chi connectivity index (χ0v) is 12.3. The summed E-state index contributed by atoms with van der Waals surface area (Å²) in [6, 6.07) is 8.82. The second-order valence-electron chi connectivity index (χ2n) is 5.85. The molecule has 1 aliphatic heterocycles. The monoisotopic (exact) mass is 274 g/mol. The van der Waals surface area contributed by atoms with Crippen LogP contribution in [0.4, 0.5) is 0 Å². The molecule has 4 nitrogen and oxygen atoms in total. The number of carbonyl (C=O) groups excluding carboxylic acids is 2. The molecule has 2 rings (SSSR count). The van der Waals surface area contributed by atoms with Crippen molar-refractivity contribution in [2.24, 2.45) is 5.92 Å². The first kappa shape index (κ1) is 14.6. The molecule has 2 atom stereocenters. The van der Waals surface area contributed by atoms with Gasteiger partial charge in [-0.25, -0.2) is 0 Å². The fourth-order valence-corrected chi connectivity index (χ4v) is 2.58. The normalized spacial score (nSPS) is 23.7. The molecule has 1 aliphatic rings. The molecule has 1 aromatic rings. The molecule has 108 valence electrons. The van der Waals surface area contributed by atoms with E-state index in [1.807, 2.05) is 42.2 Å². The van der Waals surface area contributed by atoms with Gasteiger partial charge in [-0.05, 0) is 18.4 Å². The summed E-state index contributed by atoms with van der Waals surface area (Å²) in [6.07, 6.45) is 0.363. The predicted molar refractivity (Wildman–Crippen MR) is 78.0 cm³/mol. The van der Waals surface area contributed by atoms with Gasteiger partial charge in [0, 0.05) is 19.0 Å². The lowest BCUT2D eigenvalue weighted by atomic mass is 10.0. The molecule has 2 unspecified atom stereocenters. The maximum absolute atomic E-state index is 12.7. The van der Waals surface area contributed by atoms with Gasteiger partial charge >= 0.3 is 0 Å². The third-order valence-electron chi connectivity index (χ3n) is 3.54. The number of nitrogens with zero attached hydrogens (tertiary/aromatic N) is 1. The maximum Gasteiger partial charge on any atom is 0.250 e. The molecule has 1 N–H and O–H groups in total. The van der Waals surface area contributed by atoms with Crippen molar-refractivity contribution < 1.29 is 9.59 Å². The second kappa shape index (κ2) is 6.07. The molecule has 20 heavy (non-hydrogen) atoms. The molecule has 1 aromatic carbocycles. The van der Waals surface area contributed by atoms with Gasteiger partial charge in [-0.2, -0.15) is 0 Å². The Balaban J connectivity index is 2.31. The smallest absolute Gasteiger partial charge is 0.250 e. The lowest BCUT2D eigenvalue weighted by Crippen LogP contribution is -2.43. The van der Waals surface area contributed by atoms with Crippen molar-refractivity contribution in [2.45, 2.75) is 39.3 Å². The predicted octanol–water partition coefficient (Wildman–Crippen LogP) is 2.12. The molecule has 0 aliphatic carbocycles. The number of carbonyl (C=O) groups is 2. The molecule has 1 saturated heterocycles. The van der Waals surface area contributed by atoms with Gasteiger partial charge in [0.15, 0.2) is 0 Å². The van der Waals surface area contributed by atoms with Gasteiger partial charge in [0.2, 0.25) is 11.8 Å². The summed E-state index contributed by atoms with van der Waals surface area (Å²) < 4.78 is 0. The van der Waals surface area contributed by atoms with Crippen LogP contribution in [0.5, 0.6) is 0 Å². The highest BCUT2D eigenvalue weighted by Gasteiger charge is 2.34. The van der Waals surface area contributed by atoms with E-state index in [0.29, 0.717) is 18.9 Å². The average Bonchev–Trinajstić information content (AvgIpc) is 2.51. The van der Waals surface area contributed by atoms with E-state index in [1.165, 1.54) is 0 Å². The van der Waals surface area contributed by atoms with E-state index in [-0.39, 0.29) is 17.9 Å². The summed E-state index contributed by atoms with van der Waals surface area (Å²) >= 11 is 0. The number of benzene rings is 1. The van der Waals surface area contributed by atoms with Crippen LogP contribution < -0.4 is 5.32 Å². The molecule has 2 amide bonds. The molecule has 1 fully saturated rings. The van der Waals surface area contributed by atoms with Gasteiger partial charge in [-0.3, -0.25) is 9.59 Å². The van der Waals surface area contributed by atoms with Crippen molar-refractivity contribution in [2.75, 3.05) is 6.54 Å². The highest BCUT2D eigenvalue weighted by Crippen LogP contribution is 2.22. The lowest BCUT2D eigenvalue weighted by molar-refractivity contribution is -0.135. The van der Waals surface area contributed by atoms with Crippen molar-refractivity contribution in [1.82, 2.24) is 10.2 Å². The summed E-state index contributed by atoms with van der Waals surface area (Å²) in [7, 11) is 0. The van der Waals surface area contributed by atoms with E-state index in [2.05, 4.69) is 19.2 Å². The fraction of sp³-hybridized carbons (Fsp3) is 0.500. The molecule has 1 heterocycles. The third kappa shape index (κ3) is 3.18. The van der Waals surface area contributed by atoms with Gasteiger partial charge in [0.25, 0.3) is 0 Å². The Morgan fingerprint density at radius 2 is 1.90 bits per heavy atom. The molecule has 0 bridgehead atoms. The molecule has 0 spiro atoms. The van der Waals surface area contributed by atoms with Crippen LogP contribution in [0.15, 0.2) is 30.3 Å². The van der Waals surface area contributed by atoms with E-state index >= 15 is 0 Å². The highest BCUT2D eigenvalue weighted by molar-refractivity contribution is 5.91. The van der Waals surface area contributed by atoms with E-state index < -0.39 is 6.04 Å². The minimum atomic E-state index is -0.563. The van der Waals surface area contributed by atoms with Gasteiger partial charge in [-0.1, -0.05) is 44.2 Å². The quantitative estimate of drug-likeness (QED) is 0.918. The Hall–Kier alpha value is -1.84. The van der Waals surface area contributed by atoms with Crippen LogP contribution in [0.25, 0.3) is 0 Å². The summed E-state index contributed by atoms with van der Waals surface area (Å²) in [6.45, 7) is 6.78. The zero-order valence-electron chi connectivity index (χ0n) is 12.3. The summed E-state index contributed by atoms with van der Waals surface area (Å²) in [5, 5.41) is 2.85. The van der Waals surface area contributed by atoms with E-state index in [9.17, 15) is 9.59 Å². The van der Waals surface area contributed by atoms with Gasteiger partial charge in [0.1, 0.15) is 6.04 Å². The van der Waals surface area contributed by atoms with Gasteiger partial charge in [0.05, 0.1) is 0 Å². The van der Waals surface area contributed by atoms with Crippen molar-refractivity contribution in [3.8, 4) is 0 Å². The molecular weight excluding hydrogens is 252 g/mol. The number of nitrogens with one attached hydrogen (secondary N) is 1. The highest BCUT2D eigenvalue weighted by atomic mass is 16.2. The second-order valence-corrected chi connectivity index (χ2v) is 5.85. The van der Waals surface area contributed by atoms with Crippen LogP contribution in [-0.4, -0.2) is 29.3 Å². The topological polar surface area (TPSA) is 49.4 Å². The average molecular weight is 274 g/mol. The Kier molecular flexibility index (Phi) is 4.42. The van der Waals surface area contributed by atoms with Crippen LogP contribution in [0.3, 0.4) is 0 Å². The van der Waals surface area contributed by atoms with Gasteiger partial charge < -0.3 is 10.2 Å². The van der Waals surface area contributed by atoms with Crippen molar-refractivity contribution >= 4 is 11.8 Å². The molecule has 0 aromatic heterocycles. The molecule has 4 heteroatoms. The van der Waals surface area contributed by atoms with E-state index in [0.717, 1.165) is 5.56 Å². The van der Waals surface area contributed by atoms with Gasteiger partial charge in [-0.15, -0.1) is 0 Å². The van der Waals surface area contributed by atoms with E-state index in [4.69, 9.17) is 0 Å². The maximum atomic E-state index is 12.7. The SMILES string of the molecule is CC(C)CN1C(=O)C(c2ccccc2)NC(=O)CC1C.